The van der Waals surface area contributed by atoms with Crippen LogP contribution in [0.1, 0.15) is 62.2 Å². The maximum Gasteiger partial charge on any atom is 0.309 e. The number of carbonyl (C=O) groups excluding carboxylic acids is 3. The van der Waals surface area contributed by atoms with Crippen molar-refractivity contribution in [3.63, 3.8) is 0 Å². The van der Waals surface area contributed by atoms with Crippen LogP contribution in [0.25, 0.3) is 0 Å². The van der Waals surface area contributed by atoms with Gasteiger partial charge in [-0.25, -0.2) is 0 Å². The number of piperidine rings is 1. The summed E-state index contributed by atoms with van der Waals surface area (Å²) < 4.78 is 11.4. The van der Waals surface area contributed by atoms with Crippen molar-refractivity contribution in [1.82, 2.24) is 9.80 Å². The highest BCUT2D eigenvalue weighted by Gasteiger charge is 2.53. The third-order valence-electron chi connectivity index (χ3n) is 6.85. The van der Waals surface area contributed by atoms with Crippen LogP contribution in [0.5, 0.6) is 0 Å². The lowest BCUT2D eigenvalue weighted by Gasteiger charge is -2.42. The lowest BCUT2D eigenvalue weighted by Crippen LogP contribution is -2.57. The molecule has 1 aromatic rings. The Balaban J connectivity index is 1.52. The van der Waals surface area contributed by atoms with Crippen molar-refractivity contribution in [3.05, 3.63) is 35.9 Å². The van der Waals surface area contributed by atoms with E-state index in [-0.39, 0.29) is 30.3 Å². The van der Waals surface area contributed by atoms with Crippen molar-refractivity contribution in [2.24, 2.45) is 5.92 Å². The quantitative estimate of drug-likeness (QED) is 0.689. The van der Waals surface area contributed by atoms with Crippen LogP contribution >= 0.6 is 0 Å². The van der Waals surface area contributed by atoms with Gasteiger partial charge >= 0.3 is 5.97 Å². The van der Waals surface area contributed by atoms with Gasteiger partial charge in [0.05, 0.1) is 19.1 Å². The van der Waals surface area contributed by atoms with E-state index >= 15 is 0 Å². The second-order valence-corrected chi connectivity index (χ2v) is 8.73. The maximum atomic E-state index is 13.5. The minimum Gasteiger partial charge on any atom is -0.466 e. The van der Waals surface area contributed by atoms with E-state index in [1.165, 1.54) is 0 Å². The molecule has 1 saturated carbocycles. The molecule has 0 bridgehead atoms. The molecule has 2 heterocycles. The summed E-state index contributed by atoms with van der Waals surface area (Å²) in [6.45, 7) is 3.40. The maximum absolute atomic E-state index is 13.5. The van der Waals surface area contributed by atoms with Crippen LogP contribution in [-0.4, -0.2) is 65.7 Å². The highest BCUT2D eigenvalue weighted by molar-refractivity contribution is 5.98. The first kappa shape index (κ1) is 21.8. The zero-order valence-electron chi connectivity index (χ0n) is 18.3. The second kappa shape index (κ2) is 9.39. The van der Waals surface area contributed by atoms with E-state index in [0.29, 0.717) is 38.1 Å². The minimum atomic E-state index is -0.686. The van der Waals surface area contributed by atoms with Gasteiger partial charge in [-0.2, -0.15) is 0 Å². The molecule has 1 aliphatic carbocycles. The van der Waals surface area contributed by atoms with E-state index in [9.17, 15) is 14.4 Å². The number of benzene rings is 1. The fraction of sp³-hybridized carbons (Fsp3) is 0.625. The number of carbonyl (C=O) groups is 3. The molecule has 31 heavy (non-hydrogen) atoms. The second-order valence-electron chi connectivity index (χ2n) is 8.73. The molecule has 0 N–H and O–H groups in total. The van der Waals surface area contributed by atoms with E-state index in [0.717, 1.165) is 32.1 Å². The average molecular weight is 429 g/mol. The van der Waals surface area contributed by atoms with Crippen LogP contribution in [0.4, 0.5) is 0 Å². The number of rotatable bonds is 4. The Kier molecular flexibility index (Phi) is 6.60. The van der Waals surface area contributed by atoms with Gasteiger partial charge < -0.3 is 14.4 Å². The van der Waals surface area contributed by atoms with Crippen molar-refractivity contribution in [3.8, 4) is 0 Å². The molecular formula is C24H32N2O5. The SMILES string of the molecule is CCOC(=O)C1CCN(C(=O)[C@@H]2COC3(CCCCC3)N2C(=O)c2ccccc2)CC1. The number of amides is 2. The summed E-state index contributed by atoms with van der Waals surface area (Å²) in [5.41, 5.74) is -0.105. The van der Waals surface area contributed by atoms with Crippen molar-refractivity contribution in [1.29, 1.82) is 0 Å². The van der Waals surface area contributed by atoms with Gasteiger partial charge in [0.1, 0.15) is 11.8 Å². The van der Waals surface area contributed by atoms with E-state index < -0.39 is 11.8 Å². The average Bonchev–Trinajstić information content (AvgIpc) is 3.17. The molecule has 0 unspecified atom stereocenters. The normalized spacial score (nSPS) is 23.7. The molecule has 3 fully saturated rings. The molecule has 2 amide bonds. The zero-order valence-corrected chi connectivity index (χ0v) is 18.3. The van der Waals surface area contributed by atoms with Gasteiger partial charge in [-0.15, -0.1) is 0 Å². The van der Waals surface area contributed by atoms with Gasteiger partial charge in [0.15, 0.2) is 0 Å². The van der Waals surface area contributed by atoms with Crippen molar-refractivity contribution in [2.45, 2.75) is 63.6 Å². The van der Waals surface area contributed by atoms with Gasteiger partial charge in [-0.3, -0.25) is 19.3 Å². The Bertz CT molecular complexity index is 797. The molecule has 168 valence electrons. The largest absolute Gasteiger partial charge is 0.466 e. The van der Waals surface area contributed by atoms with Gasteiger partial charge in [-0.05, 0) is 57.6 Å². The number of nitrogens with zero attached hydrogens (tertiary/aromatic N) is 2. The molecule has 1 atom stereocenters. The molecule has 7 nitrogen and oxygen atoms in total. The zero-order chi connectivity index (χ0) is 21.8. The smallest absolute Gasteiger partial charge is 0.309 e. The van der Waals surface area contributed by atoms with Gasteiger partial charge in [0.25, 0.3) is 5.91 Å². The summed E-state index contributed by atoms with van der Waals surface area (Å²) in [7, 11) is 0. The Hall–Kier alpha value is -2.41. The van der Waals surface area contributed by atoms with Gasteiger partial charge in [0, 0.05) is 18.7 Å². The first-order valence-electron chi connectivity index (χ1n) is 11.5. The number of likely N-dealkylation sites (tertiary alicyclic amines) is 1. The van der Waals surface area contributed by atoms with Gasteiger partial charge in [-0.1, -0.05) is 24.6 Å². The van der Waals surface area contributed by atoms with Crippen LogP contribution in [0.3, 0.4) is 0 Å². The molecule has 1 aromatic carbocycles. The summed E-state index contributed by atoms with van der Waals surface area (Å²) in [5.74, 6) is -0.551. The van der Waals surface area contributed by atoms with Crippen molar-refractivity contribution >= 4 is 17.8 Å². The standard InChI is InChI=1S/C24H32N2O5/c1-2-30-23(29)19-11-15-25(16-12-19)22(28)20-17-31-24(13-7-4-8-14-24)26(20)21(27)18-9-5-3-6-10-18/h3,5-6,9-10,19-20H,2,4,7-8,11-17H2,1H3/t20-/m0/s1. The van der Waals surface area contributed by atoms with Crippen LogP contribution in [-0.2, 0) is 19.1 Å². The molecule has 3 aliphatic rings. The number of hydrogen-bond donors (Lipinski definition) is 0. The van der Waals surface area contributed by atoms with Crippen LogP contribution in [0.2, 0.25) is 0 Å². The predicted molar refractivity (Wildman–Crippen MR) is 114 cm³/mol. The lowest BCUT2D eigenvalue weighted by atomic mass is 9.89. The Labute approximate surface area is 183 Å². The molecule has 1 spiro atoms. The van der Waals surface area contributed by atoms with E-state index in [1.54, 1.807) is 28.9 Å². The fourth-order valence-electron chi connectivity index (χ4n) is 5.19. The molecule has 7 heteroatoms. The summed E-state index contributed by atoms with van der Waals surface area (Å²) in [6.07, 6.45) is 5.82. The number of ether oxygens (including phenoxy) is 2. The molecular weight excluding hydrogens is 396 g/mol. The topological polar surface area (TPSA) is 76.2 Å². The third kappa shape index (κ3) is 4.33. The van der Waals surface area contributed by atoms with Crippen molar-refractivity contribution in [2.75, 3.05) is 26.3 Å². The first-order chi connectivity index (χ1) is 15.1. The van der Waals surface area contributed by atoms with Crippen LogP contribution < -0.4 is 0 Å². The molecule has 4 rings (SSSR count). The Morgan fingerprint density at radius 3 is 2.39 bits per heavy atom. The number of hydrogen-bond acceptors (Lipinski definition) is 5. The van der Waals surface area contributed by atoms with E-state index in [2.05, 4.69) is 0 Å². The first-order valence-corrected chi connectivity index (χ1v) is 11.5. The molecule has 2 saturated heterocycles. The Morgan fingerprint density at radius 1 is 1.06 bits per heavy atom. The predicted octanol–water partition coefficient (Wildman–Crippen LogP) is 2.99. The number of esters is 1. The summed E-state index contributed by atoms with van der Waals surface area (Å²) in [6, 6.07) is 8.53. The molecule has 2 aliphatic heterocycles. The lowest BCUT2D eigenvalue weighted by molar-refractivity contribution is -0.151. The van der Waals surface area contributed by atoms with Crippen molar-refractivity contribution < 1.29 is 23.9 Å². The summed E-state index contributed by atoms with van der Waals surface area (Å²) in [5, 5.41) is 0. The highest BCUT2D eigenvalue weighted by Crippen LogP contribution is 2.42. The van der Waals surface area contributed by atoms with Gasteiger partial charge in [0.2, 0.25) is 5.91 Å². The molecule has 0 aromatic heterocycles. The monoisotopic (exact) mass is 428 g/mol. The summed E-state index contributed by atoms with van der Waals surface area (Å²) >= 11 is 0. The Morgan fingerprint density at radius 2 is 1.74 bits per heavy atom. The van der Waals surface area contributed by atoms with Crippen LogP contribution in [0.15, 0.2) is 30.3 Å². The summed E-state index contributed by atoms with van der Waals surface area (Å²) in [4.78, 5) is 42.6. The fourth-order valence-corrected chi connectivity index (χ4v) is 5.19. The van der Waals surface area contributed by atoms with E-state index in [4.69, 9.17) is 9.47 Å². The third-order valence-corrected chi connectivity index (χ3v) is 6.85. The van der Waals surface area contributed by atoms with E-state index in [1.807, 2.05) is 18.2 Å². The molecule has 0 radical (unpaired) electrons. The van der Waals surface area contributed by atoms with Crippen LogP contribution in [0, 0.1) is 5.92 Å². The minimum absolute atomic E-state index is 0.0750. The highest BCUT2D eigenvalue weighted by atomic mass is 16.5.